The number of pyridine rings is 1. The average molecular weight is 374 g/mol. The van der Waals surface area contributed by atoms with Crippen LogP contribution in [0.3, 0.4) is 0 Å². The van der Waals surface area contributed by atoms with E-state index in [1.807, 2.05) is 6.07 Å². The van der Waals surface area contributed by atoms with Crippen LogP contribution in [-0.2, 0) is 9.53 Å². The van der Waals surface area contributed by atoms with Gasteiger partial charge in [-0.05, 0) is 18.2 Å². The third kappa shape index (κ3) is 5.08. The van der Waals surface area contributed by atoms with Gasteiger partial charge in [0.25, 0.3) is 5.56 Å². The number of rotatable bonds is 2. The topological polar surface area (TPSA) is 136 Å². The molecule has 0 unspecified atom stereocenters. The molecule has 0 saturated heterocycles. The number of esters is 1. The first kappa shape index (κ1) is 20.7. The molecule has 8 nitrogen and oxygen atoms in total. The van der Waals surface area contributed by atoms with E-state index >= 15 is 0 Å². The molecule has 11 heteroatoms. The summed E-state index contributed by atoms with van der Waals surface area (Å²) in [5.41, 5.74) is 4.75. The molecule has 0 aliphatic heterocycles. The van der Waals surface area contributed by atoms with Crippen molar-refractivity contribution >= 4 is 17.6 Å². The van der Waals surface area contributed by atoms with E-state index in [-0.39, 0.29) is 5.56 Å². The van der Waals surface area contributed by atoms with Crippen LogP contribution >= 0.6 is 0 Å². The van der Waals surface area contributed by atoms with Crippen molar-refractivity contribution in [2.24, 2.45) is 0 Å². The van der Waals surface area contributed by atoms with Gasteiger partial charge in [0.1, 0.15) is 17.2 Å². The van der Waals surface area contributed by atoms with Gasteiger partial charge in [0.05, 0.1) is 13.3 Å². The Kier molecular flexibility index (Phi) is 6.50. The number of carboxylic acids is 1. The van der Waals surface area contributed by atoms with Crippen molar-refractivity contribution in [2.45, 2.75) is 6.18 Å². The van der Waals surface area contributed by atoms with E-state index in [2.05, 4.69) is 10.5 Å². The summed E-state index contributed by atoms with van der Waals surface area (Å²) < 4.78 is 36.4. The highest BCUT2D eigenvalue weighted by atomic mass is 19.4. The quantitative estimate of drug-likeness (QED) is 0.548. The second-order valence-corrected chi connectivity index (χ2v) is 4.73. The van der Waals surface area contributed by atoms with Gasteiger partial charge in [0.2, 0.25) is 0 Å². The molecule has 1 heterocycles. The van der Waals surface area contributed by atoms with Gasteiger partial charge in [-0.15, -0.1) is 0 Å². The van der Waals surface area contributed by atoms with Gasteiger partial charge in [-0.2, -0.15) is 17.9 Å². The number of carbonyl (C=O) groups excluding carboxylic acids is 2. The number of hydrogen-bond acceptors (Lipinski definition) is 6. The summed E-state index contributed by atoms with van der Waals surface area (Å²) in [4.78, 5) is 31.9. The Bertz CT molecular complexity index is 876. The number of quaternary nitrogens is 1. The van der Waals surface area contributed by atoms with Crippen molar-refractivity contribution in [3.05, 3.63) is 52.4 Å². The Morgan fingerprint density at radius 3 is 2.27 bits per heavy atom. The number of hydrogen-bond donors (Lipinski definition) is 2. The number of carboxylic acid groups (broad SMARTS) is 1. The maximum absolute atomic E-state index is 11.6. The molecule has 1 aromatic heterocycles. The minimum Gasteiger partial charge on any atom is -0.542 e. The minimum absolute atomic E-state index is 0.231. The zero-order chi connectivity index (χ0) is 20.1. The number of alkyl halides is 3. The van der Waals surface area contributed by atoms with Gasteiger partial charge in [-0.3, -0.25) is 4.79 Å². The van der Waals surface area contributed by atoms with Gasteiger partial charge in [-0.1, -0.05) is 12.1 Å². The number of ether oxygens (including phenoxy) is 1. The average Bonchev–Trinajstić information content (AvgIpc) is 2.56. The molecule has 0 spiro atoms. The predicted molar refractivity (Wildman–Crippen MR) is 78.3 cm³/mol. The van der Waals surface area contributed by atoms with Gasteiger partial charge < -0.3 is 25.6 Å². The molecule has 0 fully saturated rings. The van der Waals surface area contributed by atoms with E-state index in [1.54, 1.807) is 18.2 Å². The first-order chi connectivity index (χ1) is 12.0. The van der Waals surface area contributed by atoms with Crippen LogP contribution in [0, 0.1) is 0 Å². The molecule has 0 aliphatic carbocycles. The molecule has 26 heavy (non-hydrogen) atoms. The molecular weight excluding hydrogens is 361 g/mol. The van der Waals surface area contributed by atoms with E-state index in [9.17, 15) is 28.0 Å². The van der Waals surface area contributed by atoms with Gasteiger partial charge in [0.15, 0.2) is 0 Å². The van der Waals surface area contributed by atoms with Crippen LogP contribution < -0.4 is 16.4 Å². The fourth-order valence-electron chi connectivity index (χ4n) is 1.77. The summed E-state index contributed by atoms with van der Waals surface area (Å²) in [7, 11) is 1.17. The van der Waals surface area contributed by atoms with Crippen molar-refractivity contribution in [2.75, 3.05) is 7.11 Å². The lowest BCUT2D eigenvalue weighted by Crippen LogP contribution is -2.40. The third-order valence-corrected chi connectivity index (χ3v) is 2.96. The van der Waals surface area contributed by atoms with Crippen LogP contribution in [0.1, 0.15) is 10.4 Å². The monoisotopic (exact) mass is 374 g/mol. The maximum Gasteiger partial charge on any atom is 0.430 e. The van der Waals surface area contributed by atoms with E-state index < -0.39 is 23.7 Å². The van der Waals surface area contributed by atoms with E-state index in [4.69, 9.17) is 9.90 Å². The number of benzene rings is 1. The molecule has 0 atom stereocenters. The highest BCUT2D eigenvalue weighted by Gasteiger charge is 2.28. The van der Waals surface area contributed by atoms with Gasteiger partial charge in [-0.25, -0.2) is 4.79 Å². The fourth-order valence-corrected chi connectivity index (χ4v) is 1.77. The molecular formula is C15H13F3N2O6. The largest absolute Gasteiger partial charge is 0.542 e. The smallest absolute Gasteiger partial charge is 0.430 e. The van der Waals surface area contributed by atoms with Crippen LogP contribution in [-0.4, -0.2) is 35.2 Å². The first-order valence-electron chi connectivity index (χ1n) is 6.72. The van der Waals surface area contributed by atoms with Gasteiger partial charge >= 0.3 is 12.1 Å². The molecule has 1 aromatic carbocycles. The molecule has 4 N–H and O–H groups in total. The lowest BCUT2D eigenvalue weighted by Gasteiger charge is -2.07. The summed E-state index contributed by atoms with van der Waals surface area (Å²) in [6, 6.07) is 8.57. The lowest BCUT2D eigenvalue weighted by molar-refractivity contribution is -0.344. The van der Waals surface area contributed by atoms with Crippen molar-refractivity contribution in [1.82, 2.24) is 4.73 Å². The number of methoxy groups -OCH3 is 1. The summed E-state index contributed by atoms with van der Waals surface area (Å²) in [5.74, 6) is -3.80. The zero-order valence-electron chi connectivity index (χ0n) is 13.2. The minimum atomic E-state index is -5.19. The van der Waals surface area contributed by atoms with Crippen molar-refractivity contribution < 1.29 is 43.5 Å². The van der Waals surface area contributed by atoms with Crippen molar-refractivity contribution in [1.29, 1.82) is 0 Å². The van der Waals surface area contributed by atoms with Crippen LogP contribution in [0.25, 0.3) is 11.1 Å². The molecule has 0 saturated carbocycles. The lowest BCUT2D eigenvalue weighted by atomic mass is 10.0. The van der Waals surface area contributed by atoms with Crippen LogP contribution in [0.15, 0.2) is 41.3 Å². The Morgan fingerprint density at radius 2 is 1.81 bits per heavy atom. The zero-order valence-corrected chi connectivity index (χ0v) is 13.2. The summed E-state index contributed by atoms with van der Waals surface area (Å²) in [6.45, 7) is 0. The molecule has 0 amide bonds. The van der Waals surface area contributed by atoms with Crippen molar-refractivity contribution in [3.63, 3.8) is 0 Å². The molecule has 0 bridgehead atoms. The number of aliphatic carboxylic acids is 1. The Morgan fingerprint density at radius 1 is 1.27 bits per heavy atom. The van der Waals surface area contributed by atoms with E-state index in [0.29, 0.717) is 10.3 Å². The number of aromatic nitrogens is 1. The van der Waals surface area contributed by atoms with Crippen LogP contribution in [0.5, 0.6) is 0 Å². The standard InChI is InChI=1S/C13H12N2O4.C2HF3O2/c1-19-13(17)10-6-8(7-15(18)12(10)16)9-4-2-3-5-11(9)14;3-2(4,5)1(6)7/h2-7,18H,14H2,1H3;(H,6,7). The second-order valence-electron chi connectivity index (χ2n) is 4.73. The third-order valence-electron chi connectivity index (χ3n) is 2.96. The molecule has 0 radical (unpaired) electrons. The normalized spacial score (nSPS) is 10.5. The first-order valence-corrected chi connectivity index (χ1v) is 6.72. The Balaban J connectivity index is 0.000000412. The SMILES string of the molecule is COC(=O)c1cc(-c2ccccc2[NH3+])cn(O)c1=O.O=C([O-])C(F)(F)F. The Labute approximate surface area is 143 Å². The number of carbonyl (C=O) groups is 2. The van der Waals surface area contributed by atoms with Crippen molar-refractivity contribution in [3.8, 4) is 11.1 Å². The summed E-state index contributed by atoms with van der Waals surface area (Å²) in [5, 5.41) is 18.3. The van der Waals surface area contributed by atoms with E-state index in [0.717, 1.165) is 11.3 Å². The number of nitrogens with zero attached hydrogens (tertiary/aromatic N) is 1. The predicted octanol–water partition coefficient (Wildman–Crippen LogP) is -0.289. The Hall–Kier alpha value is -3.34. The summed E-state index contributed by atoms with van der Waals surface area (Å²) >= 11 is 0. The molecule has 2 aromatic rings. The highest BCUT2D eigenvalue weighted by molar-refractivity contribution is 5.90. The van der Waals surface area contributed by atoms with Crippen LogP contribution in [0.2, 0.25) is 0 Å². The van der Waals surface area contributed by atoms with E-state index in [1.165, 1.54) is 19.4 Å². The maximum atomic E-state index is 11.6. The molecule has 0 aliphatic rings. The second kappa shape index (κ2) is 8.16. The molecule has 2 rings (SSSR count). The van der Waals surface area contributed by atoms with Crippen LogP contribution in [0.4, 0.5) is 18.9 Å². The van der Waals surface area contributed by atoms with Gasteiger partial charge in [0, 0.05) is 11.1 Å². The summed E-state index contributed by atoms with van der Waals surface area (Å²) in [6.07, 6.45) is -3.96. The highest BCUT2D eigenvalue weighted by Crippen LogP contribution is 2.24. The number of halogens is 3. The molecule has 140 valence electrons. The fraction of sp³-hybridized carbons (Fsp3) is 0.133.